The smallest absolute Gasteiger partial charge is 0.249 e. The predicted molar refractivity (Wildman–Crippen MR) is 90.7 cm³/mol. The number of aryl methyl sites for hydroxylation is 2. The number of hydrogen-bond donors (Lipinski definition) is 2. The molecule has 6 nitrogen and oxygen atoms in total. The van der Waals surface area contributed by atoms with Gasteiger partial charge in [0.1, 0.15) is 0 Å². The first kappa shape index (κ1) is 16.2. The summed E-state index contributed by atoms with van der Waals surface area (Å²) < 4.78 is 0. The molecule has 0 amide bonds. The van der Waals surface area contributed by atoms with E-state index >= 15 is 0 Å². The van der Waals surface area contributed by atoms with Crippen molar-refractivity contribution in [2.24, 2.45) is 0 Å². The fourth-order valence-electron chi connectivity index (χ4n) is 2.13. The fraction of sp³-hybridized carbons (Fsp3) is 0.438. The summed E-state index contributed by atoms with van der Waals surface area (Å²) in [6, 6.07) is 6.22. The Balaban J connectivity index is 1.96. The summed E-state index contributed by atoms with van der Waals surface area (Å²) in [5, 5.41) is 14.5. The van der Waals surface area contributed by atoms with Crippen LogP contribution in [0.25, 0.3) is 0 Å². The van der Waals surface area contributed by atoms with Crippen molar-refractivity contribution in [3.8, 4) is 0 Å². The van der Waals surface area contributed by atoms with E-state index in [0.29, 0.717) is 5.95 Å². The first-order valence-corrected chi connectivity index (χ1v) is 7.47. The molecule has 0 saturated carbocycles. The lowest BCUT2D eigenvalue weighted by atomic mass is 10.1. The van der Waals surface area contributed by atoms with Crippen LogP contribution in [-0.4, -0.2) is 47.3 Å². The third kappa shape index (κ3) is 4.96. The molecule has 0 atom stereocenters. The number of benzene rings is 1. The zero-order valence-corrected chi connectivity index (χ0v) is 13.7. The standard InChI is InChI=1S/C16H24N6/c1-12-6-7-14(13(2)10-12)19-16-20-15(11-18-21-16)17-8-5-9-22(3)4/h6-7,10-11H,5,8-9H2,1-4H3,(H2,17,19,20,21). The van der Waals surface area contributed by atoms with Gasteiger partial charge in [-0.3, -0.25) is 0 Å². The predicted octanol–water partition coefficient (Wildman–Crippen LogP) is 2.60. The molecule has 1 aromatic carbocycles. The van der Waals surface area contributed by atoms with Crippen molar-refractivity contribution in [2.45, 2.75) is 20.3 Å². The highest BCUT2D eigenvalue weighted by Gasteiger charge is 2.03. The number of nitrogens with zero attached hydrogens (tertiary/aromatic N) is 4. The van der Waals surface area contributed by atoms with Crippen LogP contribution in [0.15, 0.2) is 24.4 Å². The number of anilines is 3. The minimum atomic E-state index is 0.504. The van der Waals surface area contributed by atoms with Crippen molar-refractivity contribution in [3.05, 3.63) is 35.5 Å². The topological polar surface area (TPSA) is 66.0 Å². The third-order valence-corrected chi connectivity index (χ3v) is 3.28. The van der Waals surface area contributed by atoms with Gasteiger partial charge in [0.15, 0.2) is 5.82 Å². The molecular formula is C16H24N6. The molecule has 0 aliphatic carbocycles. The van der Waals surface area contributed by atoms with Crippen molar-refractivity contribution in [1.29, 1.82) is 0 Å². The average molecular weight is 300 g/mol. The summed E-state index contributed by atoms with van der Waals surface area (Å²) in [5.41, 5.74) is 3.39. The third-order valence-electron chi connectivity index (χ3n) is 3.28. The lowest BCUT2D eigenvalue weighted by molar-refractivity contribution is 0.405. The minimum absolute atomic E-state index is 0.504. The Morgan fingerprint density at radius 2 is 2.00 bits per heavy atom. The molecule has 0 aliphatic heterocycles. The number of rotatable bonds is 7. The van der Waals surface area contributed by atoms with Gasteiger partial charge >= 0.3 is 0 Å². The van der Waals surface area contributed by atoms with E-state index in [1.54, 1.807) is 6.20 Å². The Morgan fingerprint density at radius 1 is 1.18 bits per heavy atom. The SMILES string of the molecule is Cc1ccc(Nc2nncc(NCCCN(C)C)n2)c(C)c1. The zero-order valence-electron chi connectivity index (χ0n) is 13.7. The van der Waals surface area contributed by atoms with Crippen LogP contribution in [0.5, 0.6) is 0 Å². The van der Waals surface area contributed by atoms with Crippen molar-refractivity contribution >= 4 is 17.5 Å². The van der Waals surface area contributed by atoms with Gasteiger partial charge < -0.3 is 15.5 Å². The Hall–Kier alpha value is -2.21. The second kappa shape index (κ2) is 7.70. The van der Waals surface area contributed by atoms with Crippen LogP contribution in [0.3, 0.4) is 0 Å². The molecule has 22 heavy (non-hydrogen) atoms. The minimum Gasteiger partial charge on any atom is -0.369 e. The molecular weight excluding hydrogens is 276 g/mol. The van der Waals surface area contributed by atoms with E-state index in [0.717, 1.165) is 36.6 Å². The molecule has 2 rings (SSSR count). The molecule has 2 aromatic rings. The maximum Gasteiger partial charge on any atom is 0.249 e. The van der Waals surface area contributed by atoms with Crippen LogP contribution in [0.1, 0.15) is 17.5 Å². The van der Waals surface area contributed by atoms with Crippen molar-refractivity contribution in [1.82, 2.24) is 20.1 Å². The molecule has 0 saturated heterocycles. The summed E-state index contributed by atoms with van der Waals surface area (Å²) in [7, 11) is 4.14. The Bertz CT molecular complexity index is 611. The van der Waals surface area contributed by atoms with E-state index in [1.165, 1.54) is 5.56 Å². The van der Waals surface area contributed by atoms with Crippen LogP contribution in [0.2, 0.25) is 0 Å². The molecule has 1 aromatic heterocycles. The maximum absolute atomic E-state index is 4.44. The van der Waals surface area contributed by atoms with Gasteiger partial charge in [0.25, 0.3) is 0 Å². The Kier molecular flexibility index (Phi) is 5.66. The molecule has 0 aliphatic rings. The van der Waals surface area contributed by atoms with E-state index in [2.05, 4.69) is 70.8 Å². The zero-order chi connectivity index (χ0) is 15.9. The van der Waals surface area contributed by atoms with Gasteiger partial charge in [-0.25, -0.2) is 0 Å². The normalized spacial score (nSPS) is 10.8. The maximum atomic E-state index is 4.44. The number of aromatic nitrogens is 3. The van der Waals surface area contributed by atoms with Crippen LogP contribution < -0.4 is 10.6 Å². The molecule has 0 unspecified atom stereocenters. The van der Waals surface area contributed by atoms with Crippen molar-refractivity contribution in [2.75, 3.05) is 37.8 Å². The molecule has 1 heterocycles. The summed E-state index contributed by atoms with van der Waals surface area (Å²) in [6.07, 6.45) is 2.69. The quantitative estimate of drug-likeness (QED) is 0.766. The Morgan fingerprint density at radius 3 is 2.73 bits per heavy atom. The van der Waals surface area contributed by atoms with Crippen LogP contribution in [0, 0.1) is 13.8 Å². The average Bonchev–Trinajstić information content (AvgIpc) is 2.47. The van der Waals surface area contributed by atoms with Crippen LogP contribution >= 0.6 is 0 Å². The van der Waals surface area contributed by atoms with Gasteiger partial charge in [0, 0.05) is 12.2 Å². The largest absolute Gasteiger partial charge is 0.369 e. The highest BCUT2D eigenvalue weighted by molar-refractivity contribution is 5.59. The van der Waals surface area contributed by atoms with Crippen molar-refractivity contribution in [3.63, 3.8) is 0 Å². The first-order valence-electron chi connectivity index (χ1n) is 7.47. The van der Waals surface area contributed by atoms with Crippen LogP contribution in [-0.2, 0) is 0 Å². The first-order chi connectivity index (χ1) is 10.5. The lowest BCUT2D eigenvalue weighted by Gasteiger charge is -2.11. The number of hydrogen-bond acceptors (Lipinski definition) is 6. The van der Waals surface area contributed by atoms with Gasteiger partial charge in [-0.2, -0.15) is 10.1 Å². The van der Waals surface area contributed by atoms with Gasteiger partial charge in [-0.05, 0) is 52.5 Å². The van der Waals surface area contributed by atoms with E-state index in [1.807, 2.05) is 6.07 Å². The van der Waals surface area contributed by atoms with Gasteiger partial charge in [-0.15, -0.1) is 5.10 Å². The molecule has 0 radical (unpaired) electrons. The summed E-state index contributed by atoms with van der Waals surface area (Å²) in [5.74, 6) is 1.24. The molecule has 0 fully saturated rings. The van der Waals surface area contributed by atoms with Gasteiger partial charge in [0.2, 0.25) is 5.95 Å². The van der Waals surface area contributed by atoms with Gasteiger partial charge in [-0.1, -0.05) is 17.7 Å². The molecule has 118 valence electrons. The fourth-order valence-corrected chi connectivity index (χ4v) is 2.13. The van der Waals surface area contributed by atoms with Crippen molar-refractivity contribution < 1.29 is 0 Å². The van der Waals surface area contributed by atoms with E-state index in [9.17, 15) is 0 Å². The summed E-state index contributed by atoms with van der Waals surface area (Å²) >= 11 is 0. The summed E-state index contributed by atoms with van der Waals surface area (Å²) in [6.45, 7) is 6.04. The number of nitrogens with one attached hydrogen (secondary N) is 2. The molecule has 6 heteroatoms. The second-order valence-electron chi connectivity index (χ2n) is 5.69. The molecule has 0 spiro atoms. The molecule has 0 bridgehead atoms. The van der Waals surface area contributed by atoms with E-state index in [-0.39, 0.29) is 0 Å². The van der Waals surface area contributed by atoms with Crippen LogP contribution in [0.4, 0.5) is 17.5 Å². The lowest BCUT2D eigenvalue weighted by Crippen LogP contribution is -2.17. The molecule has 2 N–H and O–H groups in total. The Labute approximate surface area is 132 Å². The highest BCUT2D eigenvalue weighted by atomic mass is 15.3. The highest BCUT2D eigenvalue weighted by Crippen LogP contribution is 2.19. The van der Waals surface area contributed by atoms with Gasteiger partial charge in [0.05, 0.1) is 6.20 Å². The van der Waals surface area contributed by atoms with E-state index in [4.69, 9.17) is 0 Å². The monoisotopic (exact) mass is 300 g/mol. The van der Waals surface area contributed by atoms with E-state index < -0.39 is 0 Å². The summed E-state index contributed by atoms with van der Waals surface area (Å²) in [4.78, 5) is 6.60. The second-order valence-corrected chi connectivity index (χ2v) is 5.69.